The lowest BCUT2D eigenvalue weighted by molar-refractivity contribution is 0.341. The lowest BCUT2D eigenvalue weighted by Gasteiger charge is -2.17. The van der Waals surface area contributed by atoms with E-state index in [4.69, 9.17) is 16.3 Å². The molecule has 2 unspecified atom stereocenters. The Morgan fingerprint density at radius 3 is 3.00 bits per heavy atom. The fourth-order valence-electron chi connectivity index (χ4n) is 2.03. The zero-order chi connectivity index (χ0) is 12.3. The highest BCUT2D eigenvalue weighted by molar-refractivity contribution is 8.00. The normalized spacial score (nSPS) is 23.7. The maximum absolute atomic E-state index is 6.03. The van der Waals surface area contributed by atoms with Crippen LogP contribution >= 0.6 is 23.4 Å². The summed E-state index contributed by atoms with van der Waals surface area (Å²) in [5.74, 6) is 2.04. The van der Waals surface area contributed by atoms with E-state index in [0.29, 0.717) is 12.6 Å². The number of hydrogen-bond donors (Lipinski definition) is 1. The number of thioether (sulfide) groups is 1. The Balaban J connectivity index is 2.10. The van der Waals surface area contributed by atoms with Crippen molar-refractivity contribution in [2.45, 2.75) is 31.6 Å². The average Bonchev–Trinajstić information content (AvgIpc) is 2.68. The molecule has 1 aromatic rings. The molecule has 0 saturated carbocycles. The van der Waals surface area contributed by atoms with E-state index in [2.05, 4.69) is 12.2 Å². The van der Waals surface area contributed by atoms with Gasteiger partial charge in [0.1, 0.15) is 5.75 Å². The first-order valence-corrected chi connectivity index (χ1v) is 7.42. The van der Waals surface area contributed by atoms with Crippen LogP contribution in [0.2, 0.25) is 5.02 Å². The van der Waals surface area contributed by atoms with Gasteiger partial charge in [0.2, 0.25) is 0 Å². The van der Waals surface area contributed by atoms with Gasteiger partial charge in [-0.25, -0.2) is 0 Å². The van der Waals surface area contributed by atoms with Crippen molar-refractivity contribution in [3.05, 3.63) is 23.2 Å². The Morgan fingerprint density at radius 1 is 1.53 bits per heavy atom. The fourth-order valence-corrected chi connectivity index (χ4v) is 3.35. The van der Waals surface area contributed by atoms with Crippen molar-refractivity contribution in [3.8, 4) is 5.75 Å². The van der Waals surface area contributed by atoms with E-state index >= 15 is 0 Å². The lowest BCUT2D eigenvalue weighted by atomic mass is 10.2. The molecule has 4 heteroatoms. The molecule has 0 amide bonds. The standard InChI is InChI=1S/C13H18ClNOS/c1-3-16-13-5-4-10(14)7-12(13)15-11-6-9(2)17-8-11/h4-5,7,9,11,15H,3,6,8H2,1-2H3. The van der Waals surface area contributed by atoms with Crippen LogP contribution in [0.4, 0.5) is 5.69 Å². The van der Waals surface area contributed by atoms with Crippen LogP contribution in [0.25, 0.3) is 0 Å². The van der Waals surface area contributed by atoms with Gasteiger partial charge in [0.15, 0.2) is 0 Å². The second-order valence-electron chi connectivity index (χ2n) is 4.29. The predicted octanol–water partition coefficient (Wildman–Crippen LogP) is 4.04. The fraction of sp³-hybridized carbons (Fsp3) is 0.538. The highest BCUT2D eigenvalue weighted by Crippen LogP contribution is 2.33. The molecule has 0 aromatic heterocycles. The second-order valence-corrected chi connectivity index (χ2v) is 6.20. The van der Waals surface area contributed by atoms with Gasteiger partial charge in [-0.05, 0) is 31.5 Å². The van der Waals surface area contributed by atoms with Gasteiger partial charge in [0.05, 0.1) is 12.3 Å². The first-order chi connectivity index (χ1) is 8.19. The van der Waals surface area contributed by atoms with Gasteiger partial charge in [-0.15, -0.1) is 0 Å². The van der Waals surface area contributed by atoms with Gasteiger partial charge in [-0.1, -0.05) is 18.5 Å². The minimum Gasteiger partial charge on any atom is -0.492 e. The Kier molecular flexibility index (Phi) is 4.46. The number of rotatable bonds is 4. The molecule has 0 bridgehead atoms. The first kappa shape index (κ1) is 12.9. The van der Waals surface area contributed by atoms with Crippen LogP contribution in [0.1, 0.15) is 20.3 Å². The molecule has 2 rings (SSSR count). The summed E-state index contributed by atoms with van der Waals surface area (Å²) >= 11 is 8.04. The molecular weight excluding hydrogens is 254 g/mol. The number of ether oxygens (including phenoxy) is 1. The van der Waals surface area contributed by atoms with E-state index < -0.39 is 0 Å². The summed E-state index contributed by atoms with van der Waals surface area (Å²) < 4.78 is 5.60. The van der Waals surface area contributed by atoms with Gasteiger partial charge in [0.25, 0.3) is 0 Å². The van der Waals surface area contributed by atoms with Crippen LogP contribution in [0, 0.1) is 0 Å². The molecule has 1 fully saturated rings. The highest BCUT2D eigenvalue weighted by Gasteiger charge is 2.22. The van der Waals surface area contributed by atoms with E-state index in [1.54, 1.807) is 0 Å². The quantitative estimate of drug-likeness (QED) is 0.893. The zero-order valence-corrected chi connectivity index (χ0v) is 11.8. The van der Waals surface area contributed by atoms with Crippen LogP contribution in [0.15, 0.2) is 18.2 Å². The van der Waals surface area contributed by atoms with Gasteiger partial charge in [0, 0.05) is 22.1 Å². The summed E-state index contributed by atoms with van der Waals surface area (Å²) in [6.45, 7) is 4.94. The van der Waals surface area contributed by atoms with Crippen molar-refractivity contribution >= 4 is 29.1 Å². The van der Waals surface area contributed by atoms with Gasteiger partial charge in [-0.2, -0.15) is 11.8 Å². The molecule has 1 aliphatic heterocycles. The van der Waals surface area contributed by atoms with E-state index in [1.165, 1.54) is 6.42 Å². The molecule has 17 heavy (non-hydrogen) atoms. The molecule has 0 radical (unpaired) electrons. The van der Waals surface area contributed by atoms with E-state index in [1.807, 2.05) is 36.9 Å². The smallest absolute Gasteiger partial charge is 0.142 e. The molecule has 0 spiro atoms. The van der Waals surface area contributed by atoms with E-state index in [0.717, 1.165) is 27.5 Å². The van der Waals surface area contributed by atoms with E-state index in [9.17, 15) is 0 Å². The molecule has 1 N–H and O–H groups in total. The summed E-state index contributed by atoms with van der Waals surface area (Å²) in [7, 11) is 0. The summed E-state index contributed by atoms with van der Waals surface area (Å²) in [6, 6.07) is 6.26. The van der Waals surface area contributed by atoms with Crippen LogP contribution in [-0.2, 0) is 0 Å². The summed E-state index contributed by atoms with van der Waals surface area (Å²) in [5.41, 5.74) is 1.01. The third-order valence-electron chi connectivity index (χ3n) is 2.80. The van der Waals surface area contributed by atoms with E-state index in [-0.39, 0.29) is 0 Å². The number of halogens is 1. The molecule has 2 atom stereocenters. The first-order valence-electron chi connectivity index (χ1n) is 5.99. The summed E-state index contributed by atoms with van der Waals surface area (Å²) in [6.07, 6.45) is 1.20. The maximum Gasteiger partial charge on any atom is 0.142 e. The number of nitrogens with one attached hydrogen (secondary N) is 1. The van der Waals surface area contributed by atoms with Crippen LogP contribution < -0.4 is 10.1 Å². The lowest BCUT2D eigenvalue weighted by Crippen LogP contribution is -2.19. The van der Waals surface area contributed by atoms with Gasteiger partial charge >= 0.3 is 0 Å². The predicted molar refractivity (Wildman–Crippen MR) is 76.6 cm³/mol. The molecular formula is C13H18ClNOS. The Hall–Kier alpha value is -0.540. The molecule has 1 aliphatic rings. The Labute approximate surface area is 112 Å². The highest BCUT2D eigenvalue weighted by atomic mass is 35.5. The largest absolute Gasteiger partial charge is 0.492 e. The summed E-state index contributed by atoms with van der Waals surface area (Å²) in [4.78, 5) is 0. The number of hydrogen-bond acceptors (Lipinski definition) is 3. The van der Waals surface area contributed by atoms with Crippen molar-refractivity contribution in [2.24, 2.45) is 0 Å². The topological polar surface area (TPSA) is 21.3 Å². The zero-order valence-electron chi connectivity index (χ0n) is 10.2. The van der Waals surface area contributed by atoms with Crippen LogP contribution in [0.5, 0.6) is 5.75 Å². The van der Waals surface area contributed by atoms with Crippen molar-refractivity contribution in [1.29, 1.82) is 0 Å². The van der Waals surface area contributed by atoms with Gasteiger partial charge < -0.3 is 10.1 Å². The van der Waals surface area contributed by atoms with Crippen molar-refractivity contribution < 1.29 is 4.74 Å². The number of anilines is 1. The maximum atomic E-state index is 6.03. The Morgan fingerprint density at radius 2 is 2.35 bits per heavy atom. The van der Waals surface area contributed by atoms with Gasteiger partial charge in [-0.3, -0.25) is 0 Å². The van der Waals surface area contributed by atoms with Crippen molar-refractivity contribution in [3.63, 3.8) is 0 Å². The van der Waals surface area contributed by atoms with Crippen LogP contribution in [0.3, 0.4) is 0 Å². The molecule has 1 saturated heterocycles. The van der Waals surface area contributed by atoms with Crippen molar-refractivity contribution in [1.82, 2.24) is 0 Å². The third-order valence-corrected chi connectivity index (χ3v) is 4.39. The molecule has 1 aromatic carbocycles. The molecule has 2 nitrogen and oxygen atoms in total. The summed E-state index contributed by atoms with van der Waals surface area (Å²) in [5, 5.41) is 5.02. The molecule has 1 heterocycles. The molecule has 0 aliphatic carbocycles. The molecule has 94 valence electrons. The van der Waals surface area contributed by atoms with Crippen LogP contribution in [-0.4, -0.2) is 23.7 Å². The minimum atomic E-state index is 0.521. The minimum absolute atomic E-state index is 0.521. The average molecular weight is 272 g/mol. The van der Waals surface area contributed by atoms with Crippen molar-refractivity contribution in [2.75, 3.05) is 17.7 Å². The second kappa shape index (κ2) is 5.87. The monoisotopic (exact) mass is 271 g/mol. The SMILES string of the molecule is CCOc1ccc(Cl)cc1NC1CSC(C)C1. The third kappa shape index (κ3) is 3.46. The number of benzene rings is 1. The Bertz CT molecular complexity index is 386.